The third-order valence-electron chi connectivity index (χ3n) is 2.91. The van der Waals surface area contributed by atoms with E-state index in [1.165, 1.54) is 0 Å². The minimum absolute atomic E-state index is 0.0483. The van der Waals surface area contributed by atoms with Gasteiger partial charge < -0.3 is 4.42 Å². The van der Waals surface area contributed by atoms with Crippen LogP contribution in [0.25, 0.3) is 28.0 Å². The molecule has 0 unspecified atom stereocenters. The number of hydrogen-bond donors (Lipinski definition) is 0. The predicted molar refractivity (Wildman–Crippen MR) is 73.4 cm³/mol. The van der Waals surface area contributed by atoms with Crippen molar-refractivity contribution in [1.29, 1.82) is 0 Å². The summed E-state index contributed by atoms with van der Waals surface area (Å²) in [6.45, 7) is 1.54. The average Bonchev–Trinajstić information content (AvgIpc) is 2.74. The number of carbonyl (C=O) groups is 1. The molecular formula is C16H12O2. The van der Waals surface area contributed by atoms with Crippen LogP contribution in [0.15, 0.2) is 53.0 Å². The lowest BCUT2D eigenvalue weighted by Crippen LogP contribution is -1.79. The highest BCUT2D eigenvalue weighted by atomic mass is 16.3. The second kappa shape index (κ2) is 4.15. The second-order valence-corrected chi connectivity index (χ2v) is 4.30. The molecule has 0 fully saturated rings. The van der Waals surface area contributed by atoms with E-state index in [9.17, 15) is 4.79 Å². The van der Waals surface area contributed by atoms with Crippen LogP contribution in [-0.4, -0.2) is 5.78 Å². The molecule has 2 heteroatoms. The molecule has 0 saturated carbocycles. The summed E-state index contributed by atoms with van der Waals surface area (Å²) in [6.07, 6.45) is 3.40. The van der Waals surface area contributed by atoms with E-state index in [-0.39, 0.29) is 5.78 Å². The Bertz CT molecular complexity index is 763. The van der Waals surface area contributed by atoms with Gasteiger partial charge in [0, 0.05) is 10.8 Å². The third-order valence-corrected chi connectivity index (χ3v) is 2.91. The largest absolute Gasteiger partial charge is 0.456 e. The van der Waals surface area contributed by atoms with Crippen LogP contribution in [0.3, 0.4) is 0 Å². The fraction of sp³-hybridized carbons (Fsp3) is 0.0625. The van der Waals surface area contributed by atoms with Gasteiger partial charge in [-0.1, -0.05) is 30.3 Å². The molecule has 1 heterocycles. The average molecular weight is 236 g/mol. The summed E-state index contributed by atoms with van der Waals surface area (Å²) in [5, 5.41) is 2.18. The molecule has 0 atom stereocenters. The van der Waals surface area contributed by atoms with Crippen molar-refractivity contribution in [3.63, 3.8) is 0 Å². The van der Waals surface area contributed by atoms with E-state index in [4.69, 9.17) is 4.42 Å². The number of allylic oxidation sites excluding steroid dienone is 1. The van der Waals surface area contributed by atoms with Gasteiger partial charge in [-0.2, -0.15) is 0 Å². The van der Waals surface area contributed by atoms with E-state index >= 15 is 0 Å². The van der Waals surface area contributed by atoms with Crippen molar-refractivity contribution in [3.05, 3.63) is 54.1 Å². The molecule has 1 aromatic heterocycles. The van der Waals surface area contributed by atoms with Crippen molar-refractivity contribution in [2.24, 2.45) is 0 Å². The summed E-state index contributed by atoms with van der Waals surface area (Å²) < 4.78 is 5.74. The Labute approximate surface area is 105 Å². The second-order valence-electron chi connectivity index (χ2n) is 4.30. The Balaban J connectivity index is 2.21. The molecule has 0 N–H and O–H groups in total. The number of rotatable bonds is 2. The molecule has 3 rings (SSSR count). The zero-order chi connectivity index (χ0) is 12.5. The van der Waals surface area contributed by atoms with Gasteiger partial charge in [-0.25, -0.2) is 0 Å². The smallest absolute Gasteiger partial charge is 0.152 e. The molecule has 0 radical (unpaired) electrons. The number of para-hydroxylation sites is 1. The Kier molecular flexibility index (Phi) is 2.49. The molecule has 0 aliphatic heterocycles. The number of ketones is 1. The molecule has 0 saturated heterocycles. The molecule has 2 aromatic carbocycles. The molecule has 0 bridgehead atoms. The topological polar surface area (TPSA) is 30.2 Å². The molecule has 2 nitrogen and oxygen atoms in total. The SMILES string of the molecule is CC(=O)/C=C/c1ccc2oc3ccccc3c2c1. The first-order valence-electron chi connectivity index (χ1n) is 5.84. The Hall–Kier alpha value is -2.35. The highest BCUT2D eigenvalue weighted by Gasteiger charge is 2.05. The van der Waals surface area contributed by atoms with Gasteiger partial charge in [0.05, 0.1) is 0 Å². The number of hydrogen-bond acceptors (Lipinski definition) is 2. The van der Waals surface area contributed by atoms with Crippen LogP contribution in [0, 0.1) is 0 Å². The third kappa shape index (κ3) is 1.82. The Morgan fingerprint density at radius 3 is 2.67 bits per heavy atom. The fourth-order valence-corrected chi connectivity index (χ4v) is 2.06. The lowest BCUT2D eigenvalue weighted by molar-refractivity contribution is -0.112. The van der Waals surface area contributed by atoms with E-state index < -0.39 is 0 Å². The van der Waals surface area contributed by atoms with Crippen LogP contribution in [-0.2, 0) is 4.79 Å². The Morgan fingerprint density at radius 1 is 1.06 bits per heavy atom. The van der Waals surface area contributed by atoms with Crippen LogP contribution in [0.4, 0.5) is 0 Å². The van der Waals surface area contributed by atoms with Crippen LogP contribution < -0.4 is 0 Å². The highest BCUT2D eigenvalue weighted by molar-refractivity contribution is 6.05. The van der Waals surface area contributed by atoms with Gasteiger partial charge in [0.25, 0.3) is 0 Å². The van der Waals surface area contributed by atoms with Crippen LogP contribution >= 0.6 is 0 Å². The van der Waals surface area contributed by atoms with Crippen molar-refractivity contribution in [2.45, 2.75) is 6.92 Å². The van der Waals surface area contributed by atoms with Crippen molar-refractivity contribution >= 4 is 33.8 Å². The molecule has 0 aliphatic carbocycles. The molecule has 0 spiro atoms. The van der Waals surface area contributed by atoms with Crippen LogP contribution in [0.1, 0.15) is 12.5 Å². The quantitative estimate of drug-likeness (QED) is 0.624. The maximum Gasteiger partial charge on any atom is 0.152 e. The monoisotopic (exact) mass is 236 g/mol. The number of benzene rings is 2. The molecule has 18 heavy (non-hydrogen) atoms. The first-order valence-corrected chi connectivity index (χ1v) is 5.84. The van der Waals surface area contributed by atoms with Gasteiger partial charge in [0.1, 0.15) is 11.2 Å². The molecule has 0 amide bonds. The van der Waals surface area contributed by atoms with E-state index in [1.807, 2.05) is 48.5 Å². The van der Waals surface area contributed by atoms with E-state index in [0.717, 1.165) is 27.5 Å². The maximum atomic E-state index is 10.9. The number of fused-ring (bicyclic) bond motifs is 3. The predicted octanol–water partition coefficient (Wildman–Crippen LogP) is 4.19. The summed E-state index contributed by atoms with van der Waals surface area (Å²) in [5.74, 6) is 0.0483. The lowest BCUT2D eigenvalue weighted by atomic mass is 10.1. The molecule has 3 aromatic rings. The number of carbonyl (C=O) groups excluding carboxylic acids is 1. The van der Waals surface area contributed by atoms with E-state index in [0.29, 0.717) is 0 Å². The zero-order valence-corrected chi connectivity index (χ0v) is 10.0. The summed E-state index contributed by atoms with van der Waals surface area (Å²) >= 11 is 0. The highest BCUT2D eigenvalue weighted by Crippen LogP contribution is 2.29. The van der Waals surface area contributed by atoms with Gasteiger partial charge in [-0.15, -0.1) is 0 Å². The van der Waals surface area contributed by atoms with E-state index in [2.05, 4.69) is 0 Å². The van der Waals surface area contributed by atoms with Gasteiger partial charge in [0.2, 0.25) is 0 Å². The Morgan fingerprint density at radius 2 is 1.83 bits per heavy atom. The van der Waals surface area contributed by atoms with Gasteiger partial charge in [-0.05, 0) is 36.8 Å². The normalized spacial score (nSPS) is 11.6. The first kappa shape index (κ1) is 10.8. The standard InChI is InChI=1S/C16H12O2/c1-11(17)6-7-12-8-9-16-14(10-12)13-4-2-3-5-15(13)18-16/h2-10H,1H3/b7-6+. The maximum absolute atomic E-state index is 10.9. The lowest BCUT2D eigenvalue weighted by Gasteiger charge is -1.93. The number of furan rings is 1. The molecule has 88 valence electrons. The van der Waals surface area contributed by atoms with Crippen LogP contribution in [0.2, 0.25) is 0 Å². The summed E-state index contributed by atoms with van der Waals surface area (Å²) in [5.41, 5.74) is 2.76. The summed E-state index contributed by atoms with van der Waals surface area (Å²) in [6, 6.07) is 13.9. The van der Waals surface area contributed by atoms with Crippen molar-refractivity contribution in [2.75, 3.05) is 0 Å². The summed E-state index contributed by atoms with van der Waals surface area (Å²) in [4.78, 5) is 10.9. The minimum atomic E-state index is 0.0483. The van der Waals surface area contributed by atoms with Gasteiger partial charge >= 0.3 is 0 Å². The van der Waals surface area contributed by atoms with Crippen LogP contribution in [0.5, 0.6) is 0 Å². The summed E-state index contributed by atoms with van der Waals surface area (Å²) in [7, 11) is 0. The zero-order valence-electron chi connectivity index (χ0n) is 10.0. The first-order chi connectivity index (χ1) is 8.74. The van der Waals surface area contributed by atoms with Gasteiger partial charge in [0.15, 0.2) is 5.78 Å². The van der Waals surface area contributed by atoms with Gasteiger partial charge in [-0.3, -0.25) is 4.79 Å². The van der Waals surface area contributed by atoms with Crippen molar-refractivity contribution in [3.8, 4) is 0 Å². The van der Waals surface area contributed by atoms with Crippen molar-refractivity contribution < 1.29 is 9.21 Å². The fourth-order valence-electron chi connectivity index (χ4n) is 2.06. The minimum Gasteiger partial charge on any atom is -0.456 e. The van der Waals surface area contributed by atoms with Crippen molar-refractivity contribution in [1.82, 2.24) is 0 Å². The molecular weight excluding hydrogens is 224 g/mol. The van der Waals surface area contributed by atoms with E-state index in [1.54, 1.807) is 13.0 Å². The molecule has 0 aliphatic rings.